The maximum absolute atomic E-state index is 9.24. The molecule has 0 fully saturated rings. The molecular weight excluding hydrogens is 138 g/mol. The lowest BCUT2D eigenvalue weighted by molar-refractivity contribution is 0.221. The molecule has 1 aliphatic rings. The summed E-state index contributed by atoms with van der Waals surface area (Å²) in [4.78, 5) is 0. The summed E-state index contributed by atoms with van der Waals surface area (Å²) in [7, 11) is 0. The molecule has 0 bridgehead atoms. The van der Waals surface area contributed by atoms with Crippen LogP contribution in [0.25, 0.3) is 0 Å². The molecule has 0 aromatic rings. The number of aliphatic hydroxyl groups excluding tert-OH is 1. The van der Waals surface area contributed by atoms with E-state index in [1.165, 1.54) is 5.57 Å². The summed E-state index contributed by atoms with van der Waals surface area (Å²) in [5, 5.41) is 9.24. The normalized spacial score (nSPS) is 27.9. The topological polar surface area (TPSA) is 46.2 Å². The lowest BCUT2D eigenvalue weighted by Gasteiger charge is -2.21. The maximum atomic E-state index is 9.24. The van der Waals surface area contributed by atoms with Crippen molar-refractivity contribution in [2.45, 2.75) is 32.3 Å². The monoisotopic (exact) mass is 155 g/mol. The van der Waals surface area contributed by atoms with Crippen LogP contribution in [0.5, 0.6) is 0 Å². The first kappa shape index (κ1) is 8.75. The van der Waals surface area contributed by atoms with Gasteiger partial charge < -0.3 is 10.8 Å². The molecule has 2 heteroatoms. The zero-order chi connectivity index (χ0) is 8.27. The van der Waals surface area contributed by atoms with Gasteiger partial charge >= 0.3 is 0 Å². The van der Waals surface area contributed by atoms with Gasteiger partial charge in [0.2, 0.25) is 0 Å². The van der Waals surface area contributed by atoms with Gasteiger partial charge in [-0.3, -0.25) is 0 Å². The van der Waals surface area contributed by atoms with Gasteiger partial charge in [0.25, 0.3) is 0 Å². The van der Waals surface area contributed by atoms with Crippen LogP contribution in [0, 0.1) is 5.92 Å². The van der Waals surface area contributed by atoms with Crippen molar-refractivity contribution >= 4 is 0 Å². The lowest BCUT2D eigenvalue weighted by atomic mass is 9.88. The molecule has 0 aliphatic heterocycles. The Hall–Kier alpha value is -0.340. The molecule has 2 atom stereocenters. The number of allylic oxidation sites excluding steroid dienone is 1. The number of aliphatic hydroxyl groups is 1. The predicted octanol–water partition coefficient (Wildman–Crippen LogP) is 1.05. The molecule has 1 rings (SSSR count). The standard InChI is InChI=1S/C9H17NO/c1-7(11)9-4-2-8(6-10)3-5-9/h4,7-8,11H,2-3,5-6,10H2,1H3. The van der Waals surface area contributed by atoms with Crippen molar-refractivity contribution in [2.75, 3.05) is 6.54 Å². The number of nitrogens with two attached hydrogens (primary N) is 1. The third-order valence-electron chi connectivity index (χ3n) is 2.42. The van der Waals surface area contributed by atoms with E-state index in [0.29, 0.717) is 5.92 Å². The summed E-state index contributed by atoms with van der Waals surface area (Å²) in [5.74, 6) is 0.650. The molecule has 0 saturated heterocycles. The van der Waals surface area contributed by atoms with Crippen molar-refractivity contribution in [2.24, 2.45) is 11.7 Å². The Morgan fingerprint density at radius 3 is 2.91 bits per heavy atom. The van der Waals surface area contributed by atoms with Crippen molar-refractivity contribution in [3.05, 3.63) is 11.6 Å². The molecule has 0 spiro atoms. The van der Waals surface area contributed by atoms with Crippen LogP contribution in [0.4, 0.5) is 0 Å². The van der Waals surface area contributed by atoms with Crippen molar-refractivity contribution < 1.29 is 5.11 Å². The lowest BCUT2D eigenvalue weighted by Crippen LogP contribution is -2.19. The van der Waals surface area contributed by atoms with E-state index in [9.17, 15) is 5.11 Å². The van der Waals surface area contributed by atoms with E-state index in [0.717, 1.165) is 25.8 Å². The molecular formula is C9H17NO. The van der Waals surface area contributed by atoms with Gasteiger partial charge in [-0.1, -0.05) is 6.08 Å². The molecule has 0 heterocycles. The smallest absolute Gasteiger partial charge is 0.0721 e. The minimum Gasteiger partial charge on any atom is -0.389 e. The Labute approximate surface area is 68.1 Å². The van der Waals surface area contributed by atoms with Crippen molar-refractivity contribution in [1.29, 1.82) is 0 Å². The van der Waals surface area contributed by atoms with Crippen LogP contribution in [-0.2, 0) is 0 Å². The highest BCUT2D eigenvalue weighted by Gasteiger charge is 2.14. The third kappa shape index (κ3) is 2.31. The van der Waals surface area contributed by atoms with E-state index in [2.05, 4.69) is 6.08 Å². The molecule has 3 N–H and O–H groups in total. The highest BCUT2D eigenvalue weighted by molar-refractivity contribution is 5.10. The number of hydrogen-bond acceptors (Lipinski definition) is 2. The Morgan fingerprint density at radius 2 is 2.55 bits per heavy atom. The number of hydrogen-bond donors (Lipinski definition) is 2. The molecule has 0 aromatic carbocycles. The fraction of sp³-hybridized carbons (Fsp3) is 0.778. The summed E-state index contributed by atoms with van der Waals surface area (Å²) in [6.45, 7) is 2.61. The van der Waals surface area contributed by atoms with Gasteiger partial charge in [0, 0.05) is 0 Å². The summed E-state index contributed by atoms with van der Waals surface area (Å²) >= 11 is 0. The maximum Gasteiger partial charge on any atom is 0.0721 e. The van der Waals surface area contributed by atoms with Gasteiger partial charge in [-0.25, -0.2) is 0 Å². The first-order valence-electron chi connectivity index (χ1n) is 4.31. The molecule has 0 aromatic heterocycles. The highest BCUT2D eigenvalue weighted by atomic mass is 16.3. The van der Waals surface area contributed by atoms with Crippen LogP contribution >= 0.6 is 0 Å². The minimum absolute atomic E-state index is 0.256. The van der Waals surface area contributed by atoms with Crippen molar-refractivity contribution in [1.82, 2.24) is 0 Å². The Balaban J connectivity index is 2.44. The fourth-order valence-electron chi connectivity index (χ4n) is 1.50. The van der Waals surface area contributed by atoms with E-state index in [1.807, 2.05) is 6.92 Å². The first-order chi connectivity index (χ1) is 5.24. The third-order valence-corrected chi connectivity index (χ3v) is 2.42. The average Bonchev–Trinajstić information content (AvgIpc) is 2.05. The summed E-state index contributed by atoms with van der Waals surface area (Å²) in [6, 6.07) is 0. The Kier molecular flexibility index (Phi) is 3.09. The van der Waals surface area contributed by atoms with Gasteiger partial charge in [-0.2, -0.15) is 0 Å². The SMILES string of the molecule is CC(O)C1=CCC(CN)CC1. The Morgan fingerprint density at radius 1 is 1.82 bits per heavy atom. The largest absolute Gasteiger partial charge is 0.389 e. The van der Waals surface area contributed by atoms with E-state index in [-0.39, 0.29) is 6.10 Å². The summed E-state index contributed by atoms with van der Waals surface area (Å²) in [6.07, 6.45) is 5.11. The van der Waals surface area contributed by atoms with Crippen LogP contribution in [-0.4, -0.2) is 17.8 Å². The van der Waals surface area contributed by atoms with Crippen LogP contribution in [0.15, 0.2) is 11.6 Å². The average molecular weight is 155 g/mol. The summed E-state index contributed by atoms with van der Waals surface area (Å²) < 4.78 is 0. The second kappa shape index (κ2) is 3.88. The molecule has 64 valence electrons. The molecule has 11 heavy (non-hydrogen) atoms. The van der Waals surface area contributed by atoms with Crippen molar-refractivity contribution in [3.8, 4) is 0 Å². The van der Waals surface area contributed by atoms with Gasteiger partial charge in [-0.15, -0.1) is 0 Å². The zero-order valence-corrected chi connectivity index (χ0v) is 7.09. The predicted molar refractivity (Wildman–Crippen MR) is 46.2 cm³/mol. The first-order valence-corrected chi connectivity index (χ1v) is 4.31. The second-order valence-corrected chi connectivity index (χ2v) is 3.33. The van der Waals surface area contributed by atoms with Crippen LogP contribution in [0.3, 0.4) is 0 Å². The van der Waals surface area contributed by atoms with Crippen LogP contribution < -0.4 is 5.73 Å². The Bertz CT molecular complexity index is 152. The van der Waals surface area contributed by atoms with Gasteiger partial charge in [0.15, 0.2) is 0 Å². The molecule has 2 nitrogen and oxygen atoms in total. The molecule has 0 amide bonds. The fourth-order valence-corrected chi connectivity index (χ4v) is 1.50. The van der Waals surface area contributed by atoms with Gasteiger partial charge in [0.05, 0.1) is 6.10 Å². The van der Waals surface area contributed by atoms with E-state index in [1.54, 1.807) is 0 Å². The quantitative estimate of drug-likeness (QED) is 0.585. The van der Waals surface area contributed by atoms with Crippen LogP contribution in [0.2, 0.25) is 0 Å². The molecule has 0 radical (unpaired) electrons. The van der Waals surface area contributed by atoms with Gasteiger partial charge in [-0.05, 0) is 44.2 Å². The second-order valence-electron chi connectivity index (χ2n) is 3.33. The van der Waals surface area contributed by atoms with E-state index < -0.39 is 0 Å². The molecule has 1 aliphatic carbocycles. The van der Waals surface area contributed by atoms with Gasteiger partial charge in [0.1, 0.15) is 0 Å². The van der Waals surface area contributed by atoms with Crippen LogP contribution in [0.1, 0.15) is 26.2 Å². The zero-order valence-electron chi connectivity index (χ0n) is 7.09. The van der Waals surface area contributed by atoms with E-state index >= 15 is 0 Å². The molecule has 2 unspecified atom stereocenters. The summed E-state index contributed by atoms with van der Waals surface area (Å²) in [5.41, 5.74) is 6.72. The van der Waals surface area contributed by atoms with E-state index in [4.69, 9.17) is 5.73 Å². The minimum atomic E-state index is -0.256. The van der Waals surface area contributed by atoms with Crippen molar-refractivity contribution in [3.63, 3.8) is 0 Å². The highest BCUT2D eigenvalue weighted by Crippen LogP contribution is 2.24. The molecule has 0 saturated carbocycles. The number of rotatable bonds is 2.